The predicted octanol–water partition coefficient (Wildman–Crippen LogP) is 2.70. The Morgan fingerprint density at radius 3 is 2.36 bits per heavy atom. The first-order chi connectivity index (χ1) is 10.6. The maximum Gasteiger partial charge on any atom is 0.334 e. The van der Waals surface area contributed by atoms with Gasteiger partial charge in [-0.05, 0) is 13.0 Å². The predicted molar refractivity (Wildman–Crippen MR) is 85.5 cm³/mol. The first-order valence-electron chi connectivity index (χ1n) is 8.36. The Kier molecular flexibility index (Phi) is 9.55. The quantitative estimate of drug-likeness (QED) is 0.411. The second-order valence-corrected chi connectivity index (χ2v) is 5.75. The van der Waals surface area contributed by atoms with Crippen LogP contribution in [0.15, 0.2) is 12.2 Å². The van der Waals surface area contributed by atoms with Crippen LogP contribution in [0.5, 0.6) is 0 Å². The van der Waals surface area contributed by atoms with Crippen LogP contribution in [0.4, 0.5) is 0 Å². The van der Waals surface area contributed by atoms with Gasteiger partial charge in [-0.2, -0.15) is 0 Å². The van der Waals surface area contributed by atoms with E-state index in [4.69, 9.17) is 9.47 Å². The largest absolute Gasteiger partial charge is 0.464 e. The standard InChI is InChI=1S/C17H29NO4/c1-3-4-5-6-7-8-9-18-10-12-21-16(19)14-15(2)17(20)22-13-11-18/h2-14H2,1H3. The Hall–Kier alpha value is -1.36. The van der Waals surface area contributed by atoms with E-state index in [-0.39, 0.29) is 12.0 Å². The highest BCUT2D eigenvalue weighted by Gasteiger charge is 2.17. The van der Waals surface area contributed by atoms with Gasteiger partial charge in [-0.15, -0.1) is 0 Å². The van der Waals surface area contributed by atoms with Crippen molar-refractivity contribution in [1.29, 1.82) is 0 Å². The number of rotatable bonds is 7. The summed E-state index contributed by atoms with van der Waals surface area (Å²) in [6.07, 6.45) is 7.38. The normalized spacial score (nSPS) is 18.5. The Morgan fingerprint density at radius 1 is 1.00 bits per heavy atom. The molecule has 1 heterocycles. The van der Waals surface area contributed by atoms with Crippen molar-refractivity contribution < 1.29 is 19.1 Å². The molecule has 0 aromatic rings. The molecule has 0 radical (unpaired) electrons. The zero-order chi connectivity index (χ0) is 16.2. The molecule has 126 valence electrons. The highest BCUT2D eigenvalue weighted by Crippen LogP contribution is 2.08. The van der Waals surface area contributed by atoms with E-state index in [0.29, 0.717) is 26.3 Å². The average molecular weight is 311 g/mol. The SMILES string of the molecule is C=C1CC(=O)OCCN(CCCCCCCC)CCOC1=O. The van der Waals surface area contributed by atoms with E-state index in [1.54, 1.807) is 0 Å². The lowest BCUT2D eigenvalue weighted by molar-refractivity contribution is -0.145. The van der Waals surface area contributed by atoms with Crippen molar-refractivity contribution in [2.24, 2.45) is 0 Å². The summed E-state index contributed by atoms with van der Waals surface area (Å²) in [6.45, 7) is 8.78. The summed E-state index contributed by atoms with van der Waals surface area (Å²) in [4.78, 5) is 25.3. The maximum absolute atomic E-state index is 11.6. The summed E-state index contributed by atoms with van der Waals surface area (Å²) in [7, 11) is 0. The van der Waals surface area contributed by atoms with Crippen molar-refractivity contribution in [2.75, 3.05) is 32.8 Å². The number of carbonyl (C=O) groups is 2. The minimum Gasteiger partial charge on any atom is -0.464 e. The van der Waals surface area contributed by atoms with Crippen molar-refractivity contribution in [3.63, 3.8) is 0 Å². The van der Waals surface area contributed by atoms with Crippen LogP contribution in [0.25, 0.3) is 0 Å². The lowest BCUT2D eigenvalue weighted by Crippen LogP contribution is -2.32. The fourth-order valence-electron chi connectivity index (χ4n) is 2.41. The molecule has 0 aromatic carbocycles. The summed E-state index contributed by atoms with van der Waals surface area (Å²) in [5.74, 6) is -0.915. The molecule has 5 heteroatoms. The van der Waals surface area contributed by atoms with Crippen LogP contribution >= 0.6 is 0 Å². The van der Waals surface area contributed by atoms with Crippen molar-refractivity contribution in [3.05, 3.63) is 12.2 Å². The van der Waals surface area contributed by atoms with E-state index in [2.05, 4.69) is 18.4 Å². The number of carbonyl (C=O) groups excluding carboxylic acids is 2. The Morgan fingerprint density at radius 2 is 1.64 bits per heavy atom. The average Bonchev–Trinajstić information content (AvgIpc) is 2.51. The topological polar surface area (TPSA) is 55.8 Å². The van der Waals surface area contributed by atoms with Crippen LogP contribution < -0.4 is 0 Å². The number of nitrogens with zero attached hydrogens (tertiary/aromatic N) is 1. The van der Waals surface area contributed by atoms with Crippen molar-refractivity contribution in [2.45, 2.75) is 51.9 Å². The Balaban J connectivity index is 2.32. The molecular formula is C17H29NO4. The van der Waals surface area contributed by atoms with Crippen LogP contribution in [0.2, 0.25) is 0 Å². The van der Waals surface area contributed by atoms with Gasteiger partial charge < -0.3 is 9.47 Å². The molecule has 0 atom stereocenters. The lowest BCUT2D eigenvalue weighted by Gasteiger charge is -2.21. The summed E-state index contributed by atoms with van der Waals surface area (Å²) >= 11 is 0. The third-order valence-corrected chi connectivity index (χ3v) is 3.79. The van der Waals surface area contributed by atoms with Crippen molar-refractivity contribution >= 4 is 11.9 Å². The molecule has 0 spiro atoms. The smallest absolute Gasteiger partial charge is 0.334 e. The lowest BCUT2D eigenvalue weighted by atomic mass is 10.1. The maximum atomic E-state index is 11.6. The molecule has 1 aliphatic heterocycles. The number of unbranched alkanes of at least 4 members (excludes halogenated alkanes) is 5. The Bertz CT molecular complexity index is 368. The molecule has 5 nitrogen and oxygen atoms in total. The highest BCUT2D eigenvalue weighted by atomic mass is 16.5. The first-order valence-corrected chi connectivity index (χ1v) is 8.36. The van der Waals surface area contributed by atoms with E-state index < -0.39 is 11.9 Å². The zero-order valence-corrected chi connectivity index (χ0v) is 13.8. The Labute approximate surface area is 133 Å². The molecule has 0 N–H and O–H groups in total. The fourth-order valence-corrected chi connectivity index (χ4v) is 2.41. The summed E-state index contributed by atoms with van der Waals surface area (Å²) < 4.78 is 10.3. The molecule has 22 heavy (non-hydrogen) atoms. The molecule has 0 unspecified atom stereocenters. The molecule has 0 amide bonds. The van der Waals surface area contributed by atoms with Gasteiger partial charge in [0.1, 0.15) is 13.2 Å². The number of cyclic esters (lactones) is 2. The van der Waals surface area contributed by atoms with Gasteiger partial charge in [0.15, 0.2) is 0 Å². The molecule has 0 aliphatic carbocycles. The summed E-state index contributed by atoms with van der Waals surface area (Å²) in [5, 5.41) is 0. The number of ether oxygens (including phenoxy) is 2. The molecule has 0 bridgehead atoms. The van der Waals surface area contributed by atoms with Crippen LogP contribution in [0.1, 0.15) is 51.9 Å². The zero-order valence-electron chi connectivity index (χ0n) is 13.8. The minimum absolute atomic E-state index is 0.0870. The van der Waals surface area contributed by atoms with E-state index in [1.165, 1.54) is 32.1 Å². The molecule has 1 fully saturated rings. The third kappa shape index (κ3) is 8.17. The second kappa shape index (κ2) is 11.2. The van der Waals surface area contributed by atoms with Gasteiger partial charge in [-0.1, -0.05) is 45.6 Å². The van der Waals surface area contributed by atoms with Gasteiger partial charge in [0.25, 0.3) is 0 Å². The first kappa shape index (κ1) is 18.7. The van der Waals surface area contributed by atoms with Crippen LogP contribution in [-0.2, 0) is 19.1 Å². The molecule has 0 aromatic heterocycles. The van der Waals surface area contributed by atoms with Crippen molar-refractivity contribution in [3.8, 4) is 0 Å². The van der Waals surface area contributed by atoms with Crippen molar-refractivity contribution in [1.82, 2.24) is 4.90 Å². The van der Waals surface area contributed by atoms with Gasteiger partial charge in [-0.25, -0.2) is 4.79 Å². The number of esters is 2. The second-order valence-electron chi connectivity index (χ2n) is 5.75. The van der Waals surface area contributed by atoms with Gasteiger partial charge in [0.2, 0.25) is 0 Å². The summed E-state index contributed by atoms with van der Waals surface area (Å²) in [5.41, 5.74) is 0.161. The van der Waals surface area contributed by atoms with E-state index in [9.17, 15) is 9.59 Å². The number of hydrogen-bond donors (Lipinski definition) is 0. The fraction of sp³-hybridized carbons (Fsp3) is 0.765. The van der Waals surface area contributed by atoms with Gasteiger partial charge in [-0.3, -0.25) is 9.69 Å². The molecule has 0 saturated carbocycles. The van der Waals surface area contributed by atoms with Crippen LogP contribution in [-0.4, -0.2) is 49.7 Å². The third-order valence-electron chi connectivity index (χ3n) is 3.79. The van der Waals surface area contributed by atoms with Gasteiger partial charge in [0, 0.05) is 18.7 Å². The van der Waals surface area contributed by atoms with E-state index >= 15 is 0 Å². The molecular weight excluding hydrogens is 282 g/mol. The number of hydrogen-bond acceptors (Lipinski definition) is 5. The van der Waals surface area contributed by atoms with E-state index in [0.717, 1.165) is 13.0 Å². The molecule has 1 aliphatic rings. The van der Waals surface area contributed by atoms with Gasteiger partial charge in [0.05, 0.1) is 6.42 Å². The molecule has 1 rings (SSSR count). The van der Waals surface area contributed by atoms with E-state index in [1.807, 2.05) is 0 Å². The monoisotopic (exact) mass is 311 g/mol. The minimum atomic E-state index is -0.502. The van der Waals surface area contributed by atoms with Crippen LogP contribution in [0, 0.1) is 0 Å². The van der Waals surface area contributed by atoms with Gasteiger partial charge >= 0.3 is 11.9 Å². The summed E-state index contributed by atoms with van der Waals surface area (Å²) in [6, 6.07) is 0. The van der Waals surface area contributed by atoms with Crippen LogP contribution in [0.3, 0.4) is 0 Å². The molecule has 1 saturated heterocycles. The highest BCUT2D eigenvalue weighted by molar-refractivity contribution is 5.93.